The Labute approximate surface area is 129 Å². The van der Waals surface area contributed by atoms with Crippen LogP contribution in [0.25, 0.3) is 0 Å². The van der Waals surface area contributed by atoms with Crippen LogP contribution >= 0.6 is 11.6 Å². The minimum absolute atomic E-state index is 0.0880. The molecule has 4 heteroatoms. The molecule has 0 saturated carbocycles. The number of halogens is 1. The van der Waals surface area contributed by atoms with Crippen LogP contribution in [0.5, 0.6) is 5.75 Å². The van der Waals surface area contributed by atoms with Crippen LogP contribution in [-0.2, 0) is 10.2 Å². The van der Waals surface area contributed by atoms with Gasteiger partial charge in [-0.3, -0.25) is 4.79 Å². The number of anilines is 1. The zero-order chi connectivity index (χ0) is 15.5. The number of methoxy groups -OCH3 is 1. The van der Waals surface area contributed by atoms with E-state index in [1.54, 1.807) is 25.3 Å². The molecule has 0 heterocycles. The summed E-state index contributed by atoms with van der Waals surface area (Å²) in [5, 5.41) is 3.36. The van der Waals surface area contributed by atoms with E-state index < -0.39 is 5.41 Å². The molecule has 0 bridgehead atoms. The second kappa shape index (κ2) is 6.19. The monoisotopic (exact) mass is 303 g/mol. The lowest BCUT2D eigenvalue weighted by molar-refractivity contribution is -0.120. The van der Waals surface area contributed by atoms with Crippen molar-refractivity contribution < 1.29 is 9.53 Å². The van der Waals surface area contributed by atoms with Gasteiger partial charge in [-0.25, -0.2) is 0 Å². The molecule has 0 aromatic heterocycles. The Morgan fingerprint density at radius 1 is 1.14 bits per heavy atom. The van der Waals surface area contributed by atoms with Gasteiger partial charge >= 0.3 is 0 Å². The van der Waals surface area contributed by atoms with Crippen LogP contribution in [0.2, 0.25) is 5.02 Å². The first-order valence-corrected chi connectivity index (χ1v) is 7.03. The third-order valence-corrected chi connectivity index (χ3v) is 3.77. The van der Waals surface area contributed by atoms with Crippen molar-refractivity contribution in [1.29, 1.82) is 0 Å². The Balaban J connectivity index is 2.19. The molecular weight excluding hydrogens is 286 g/mol. The second-order valence-corrected chi connectivity index (χ2v) is 5.70. The average molecular weight is 304 g/mol. The molecule has 0 atom stereocenters. The van der Waals surface area contributed by atoms with Gasteiger partial charge in [-0.2, -0.15) is 0 Å². The van der Waals surface area contributed by atoms with Gasteiger partial charge in [0.05, 0.1) is 17.5 Å². The highest BCUT2D eigenvalue weighted by Crippen LogP contribution is 2.29. The fraction of sp³-hybridized carbons (Fsp3) is 0.235. The fourth-order valence-corrected chi connectivity index (χ4v) is 2.28. The molecule has 2 aromatic carbocycles. The summed E-state index contributed by atoms with van der Waals surface area (Å²) in [7, 11) is 1.55. The number of ether oxygens (including phenoxy) is 1. The minimum atomic E-state index is -0.631. The van der Waals surface area contributed by atoms with E-state index in [2.05, 4.69) is 5.32 Å². The van der Waals surface area contributed by atoms with Crippen molar-refractivity contribution in [3.05, 3.63) is 59.1 Å². The lowest BCUT2D eigenvalue weighted by Gasteiger charge is -2.24. The Morgan fingerprint density at radius 2 is 1.81 bits per heavy atom. The Hall–Kier alpha value is -2.00. The lowest BCUT2D eigenvalue weighted by atomic mass is 9.83. The minimum Gasteiger partial charge on any atom is -0.495 e. The quantitative estimate of drug-likeness (QED) is 0.916. The summed E-state index contributed by atoms with van der Waals surface area (Å²) in [6.45, 7) is 3.78. The van der Waals surface area contributed by atoms with Crippen molar-refractivity contribution in [3.63, 3.8) is 0 Å². The molecule has 0 saturated heterocycles. The van der Waals surface area contributed by atoms with Crippen molar-refractivity contribution in [1.82, 2.24) is 0 Å². The van der Waals surface area contributed by atoms with Gasteiger partial charge in [0.1, 0.15) is 5.75 Å². The highest BCUT2D eigenvalue weighted by atomic mass is 35.5. The topological polar surface area (TPSA) is 38.3 Å². The number of benzene rings is 2. The highest BCUT2D eigenvalue weighted by Gasteiger charge is 2.29. The lowest BCUT2D eigenvalue weighted by Crippen LogP contribution is -2.34. The maximum Gasteiger partial charge on any atom is 0.234 e. The molecule has 0 unspecified atom stereocenters. The third-order valence-electron chi connectivity index (χ3n) is 3.47. The molecular formula is C17H18ClNO2. The molecule has 2 aromatic rings. The fourth-order valence-electron chi connectivity index (χ4n) is 2.02. The van der Waals surface area contributed by atoms with E-state index in [9.17, 15) is 4.79 Å². The molecule has 110 valence electrons. The summed E-state index contributed by atoms with van der Waals surface area (Å²) in [6.07, 6.45) is 0. The van der Waals surface area contributed by atoms with Crippen molar-refractivity contribution in [2.45, 2.75) is 19.3 Å². The first-order chi connectivity index (χ1) is 9.95. The normalized spacial score (nSPS) is 11.0. The van der Waals surface area contributed by atoms with Crippen LogP contribution in [0.1, 0.15) is 19.4 Å². The highest BCUT2D eigenvalue weighted by molar-refractivity contribution is 6.32. The first kappa shape index (κ1) is 15.4. The molecule has 0 aliphatic heterocycles. The largest absolute Gasteiger partial charge is 0.495 e. The van der Waals surface area contributed by atoms with E-state index in [1.165, 1.54) is 0 Å². The SMILES string of the molecule is COc1ccc(NC(=O)C(C)(C)c2ccccc2)cc1Cl. The van der Waals surface area contributed by atoms with Gasteiger partial charge in [0.15, 0.2) is 0 Å². The maximum absolute atomic E-state index is 12.5. The van der Waals surface area contributed by atoms with E-state index in [4.69, 9.17) is 16.3 Å². The van der Waals surface area contributed by atoms with Gasteiger partial charge < -0.3 is 10.1 Å². The molecule has 1 N–H and O–H groups in total. The van der Waals surface area contributed by atoms with E-state index >= 15 is 0 Å². The number of nitrogens with one attached hydrogen (secondary N) is 1. The van der Waals surface area contributed by atoms with E-state index in [0.29, 0.717) is 16.5 Å². The number of carbonyl (C=O) groups excluding carboxylic acids is 1. The Morgan fingerprint density at radius 3 is 2.38 bits per heavy atom. The summed E-state index contributed by atoms with van der Waals surface area (Å²) in [5.74, 6) is 0.493. The van der Waals surface area contributed by atoms with Gasteiger partial charge in [-0.05, 0) is 37.6 Å². The summed E-state index contributed by atoms with van der Waals surface area (Å²) in [4.78, 5) is 12.5. The molecule has 0 radical (unpaired) electrons. The Bertz CT molecular complexity index is 638. The number of rotatable bonds is 4. The van der Waals surface area contributed by atoms with Crippen molar-refractivity contribution in [3.8, 4) is 5.75 Å². The predicted molar refractivity (Wildman–Crippen MR) is 86.1 cm³/mol. The number of carbonyl (C=O) groups is 1. The molecule has 21 heavy (non-hydrogen) atoms. The molecule has 3 nitrogen and oxygen atoms in total. The van der Waals surface area contributed by atoms with Crippen molar-refractivity contribution in [2.24, 2.45) is 0 Å². The number of hydrogen-bond donors (Lipinski definition) is 1. The zero-order valence-corrected chi connectivity index (χ0v) is 13.1. The van der Waals surface area contributed by atoms with E-state index in [0.717, 1.165) is 5.56 Å². The van der Waals surface area contributed by atoms with Crippen molar-refractivity contribution in [2.75, 3.05) is 12.4 Å². The summed E-state index contributed by atoms with van der Waals surface area (Å²) >= 11 is 6.07. The molecule has 0 fully saturated rings. The first-order valence-electron chi connectivity index (χ1n) is 6.65. The van der Waals surface area contributed by atoms with Crippen LogP contribution in [0.3, 0.4) is 0 Å². The standard InChI is InChI=1S/C17H18ClNO2/c1-17(2,12-7-5-4-6-8-12)16(20)19-13-9-10-15(21-3)14(18)11-13/h4-11H,1-3H3,(H,19,20). The summed E-state index contributed by atoms with van der Waals surface area (Å²) < 4.78 is 5.10. The van der Waals surface area contributed by atoms with E-state index in [-0.39, 0.29) is 5.91 Å². The second-order valence-electron chi connectivity index (χ2n) is 5.29. The number of hydrogen-bond acceptors (Lipinski definition) is 2. The van der Waals surface area contributed by atoms with Crippen LogP contribution < -0.4 is 10.1 Å². The van der Waals surface area contributed by atoms with E-state index in [1.807, 2.05) is 44.2 Å². The van der Waals surface area contributed by atoms with Gasteiger partial charge in [-0.15, -0.1) is 0 Å². The molecule has 1 amide bonds. The predicted octanol–water partition coefficient (Wildman–Crippen LogP) is 4.26. The van der Waals surface area contributed by atoms with Crippen LogP contribution in [0.4, 0.5) is 5.69 Å². The van der Waals surface area contributed by atoms with Gasteiger partial charge in [-0.1, -0.05) is 41.9 Å². The molecule has 2 rings (SSSR count). The molecule has 0 aliphatic carbocycles. The third kappa shape index (κ3) is 3.37. The number of amides is 1. The average Bonchev–Trinajstić information content (AvgIpc) is 2.48. The van der Waals surface area contributed by atoms with Crippen LogP contribution in [-0.4, -0.2) is 13.0 Å². The van der Waals surface area contributed by atoms with Crippen LogP contribution in [0.15, 0.2) is 48.5 Å². The summed E-state index contributed by atoms with van der Waals surface area (Å²) in [6, 6.07) is 14.8. The Kier molecular flexibility index (Phi) is 4.53. The van der Waals surface area contributed by atoms with Crippen LogP contribution in [0, 0.1) is 0 Å². The van der Waals surface area contributed by atoms with Gasteiger partial charge in [0, 0.05) is 5.69 Å². The maximum atomic E-state index is 12.5. The molecule has 0 aliphatic rings. The summed E-state index contributed by atoms with van der Waals surface area (Å²) in [5.41, 5.74) is 0.977. The zero-order valence-electron chi connectivity index (χ0n) is 12.3. The smallest absolute Gasteiger partial charge is 0.234 e. The van der Waals surface area contributed by atoms with Crippen molar-refractivity contribution >= 4 is 23.2 Å². The molecule has 0 spiro atoms. The van der Waals surface area contributed by atoms with Gasteiger partial charge in [0.2, 0.25) is 5.91 Å². The van der Waals surface area contributed by atoms with Gasteiger partial charge in [0.25, 0.3) is 0 Å².